The van der Waals surface area contributed by atoms with Gasteiger partial charge in [0.05, 0.1) is 16.2 Å². The van der Waals surface area contributed by atoms with Gasteiger partial charge in [0.2, 0.25) is 0 Å². The number of hydrogen-bond acceptors (Lipinski definition) is 3. The van der Waals surface area contributed by atoms with E-state index >= 15 is 0 Å². The lowest BCUT2D eigenvalue weighted by molar-refractivity contribution is 0.0696. The third-order valence-electron chi connectivity index (χ3n) is 2.97. The van der Waals surface area contributed by atoms with Crippen LogP contribution in [0.25, 0.3) is 0 Å². The molecular weight excluding hydrogens is 252 g/mol. The summed E-state index contributed by atoms with van der Waals surface area (Å²) in [7, 11) is -3.42. The summed E-state index contributed by atoms with van der Waals surface area (Å²) in [5.41, 5.74) is 0.589. The minimum Gasteiger partial charge on any atom is -0.478 e. The lowest BCUT2D eigenvalue weighted by Gasteiger charge is -2.12. The van der Waals surface area contributed by atoms with Gasteiger partial charge < -0.3 is 5.11 Å². The predicted molar refractivity (Wildman–Crippen MR) is 69.6 cm³/mol. The van der Waals surface area contributed by atoms with Gasteiger partial charge in [0.1, 0.15) is 0 Å². The van der Waals surface area contributed by atoms with E-state index in [0.717, 1.165) is 6.42 Å². The third kappa shape index (κ3) is 3.32. The molecule has 0 saturated carbocycles. The van der Waals surface area contributed by atoms with Crippen LogP contribution in [0.3, 0.4) is 0 Å². The zero-order chi connectivity index (χ0) is 13.9. The Morgan fingerprint density at radius 1 is 1.39 bits per heavy atom. The molecule has 0 radical (unpaired) electrons. The molecule has 4 nitrogen and oxygen atoms in total. The van der Waals surface area contributed by atoms with Gasteiger partial charge in [-0.1, -0.05) is 26.3 Å². The zero-order valence-corrected chi connectivity index (χ0v) is 11.6. The van der Waals surface area contributed by atoms with Crippen LogP contribution in [0.1, 0.15) is 36.2 Å². The maximum absolute atomic E-state index is 12.2. The van der Waals surface area contributed by atoms with Crippen LogP contribution in [0.15, 0.2) is 23.1 Å². The molecule has 1 atom stereocenters. The number of rotatable bonds is 5. The van der Waals surface area contributed by atoms with E-state index in [-0.39, 0.29) is 22.1 Å². The van der Waals surface area contributed by atoms with Crippen LogP contribution in [0.4, 0.5) is 0 Å². The largest absolute Gasteiger partial charge is 0.478 e. The molecule has 1 rings (SSSR count). The Morgan fingerprint density at radius 3 is 2.50 bits per heavy atom. The van der Waals surface area contributed by atoms with E-state index in [1.165, 1.54) is 18.2 Å². The van der Waals surface area contributed by atoms with Crippen molar-refractivity contribution in [2.24, 2.45) is 5.92 Å². The minimum absolute atomic E-state index is 0.00308. The van der Waals surface area contributed by atoms with Crippen molar-refractivity contribution in [2.75, 3.05) is 5.75 Å². The van der Waals surface area contributed by atoms with E-state index in [2.05, 4.69) is 0 Å². The first-order valence-corrected chi connectivity index (χ1v) is 7.50. The molecule has 0 amide bonds. The van der Waals surface area contributed by atoms with E-state index in [1.807, 2.05) is 13.8 Å². The summed E-state index contributed by atoms with van der Waals surface area (Å²) in [5.74, 6) is -1.01. The van der Waals surface area contributed by atoms with Crippen molar-refractivity contribution in [3.05, 3.63) is 29.3 Å². The predicted octanol–water partition coefficient (Wildman–Crippen LogP) is 2.51. The first-order valence-electron chi connectivity index (χ1n) is 5.84. The lowest BCUT2D eigenvalue weighted by atomic mass is 10.1. The summed E-state index contributed by atoms with van der Waals surface area (Å²) < 4.78 is 24.4. The second-order valence-corrected chi connectivity index (χ2v) is 6.58. The molecule has 0 spiro atoms. The summed E-state index contributed by atoms with van der Waals surface area (Å²) in [6.07, 6.45) is 0.775. The Morgan fingerprint density at radius 2 is 2.00 bits per heavy atom. The molecular formula is C13H18O4S. The van der Waals surface area contributed by atoms with Crippen LogP contribution < -0.4 is 0 Å². The second-order valence-electron chi connectivity index (χ2n) is 4.58. The molecule has 0 bridgehead atoms. The van der Waals surface area contributed by atoms with Crippen molar-refractivity contribution in [1.82, 2.24) is 0 Å². The molecule has 18 heavy (non-hydrogen) atoms. The van der Waals surface area contributed by atoms with Gasteiger partial charge in [-0.3, -0.25) is 0 Å². The molecule has 100 valence electrons. The maximum atomic E-state index is 12.2. The number of aromatic carboxylic acids is 1. The molecule has 1 aromatic carbocycles. The highest BCUT2D eigenvalue weighted by molar-refractivity contribution is 7.91. The Bertz CT molecular complexity index is 546. The minimum atomic E-state index is -3.42. The highest BCUT2D eigenvalue weighted by Crippen LogP contribution is 2.21. The number of aryl methyl sites for hydroxylation is 1. The molecule has 5 heteroatoms. The van der Waals surface area contributed by atoms with Gasteiger partial charge in [-0.25, -0.2) is 13.2 Å². The van der Waals surface area contributed by atoms with Crippen LogP contribution in [0.5, 0.6) is 0 Å². The Hall–Kier alpha value is -1.36. The fraction of sp³-hybridized carbons (Fsp3) is 0.462. The molecule has 0 aliphatic heterocycles. The van der Waals surface area contributed by atoms with Crippen molar-refractivity contribution in [2.45, 2.75) is 32.1 Å². The van der Waals surface area contributed by atoms with Crippen molar-refractivity contribution >= 4 is 15.8 Å². The summed E-state index contributed by atoms with van der Waals surface area (Å²) in [4.78, 5) is 11.0. The average molecular weight is 270 g/mol. The summed E-state index contributed by atoms with van der Waals surface area (Å²) in [6, 6.07) is 4.20. The highest BCUT2D eigenvalue weighted by Gasteiger charge is 2.21. The Balaban J connectivity index is 3.23. The molecule has 0 saturated heterocycles. The number of hydrogen-bond donors (Lipinski definition) is 1. The first-order chi connectivity index (χ1) is 8.27. The number of benzene rings is 1. The van der Waals surface area contributed by atoms with Gasteiger partial charge in [-0.05, 0) is 30.5 Å². The average Bonchev–Trinajstić information content (AvgIpc) is 2.28. The van der Waals surface area contributed by atoms with Crippen LogP contribution in [0.2, 0.25) is 0 Å². The Kier molecular flexibility index (Phi) is 4.51. The van der Waals surface area contributed by atoms with Gasteiger partial charge in [0.25, 0.3) is 0 Å². The summed E-state index contributed by atoms with van der Waals surface area (Å²) in [5, 5.41) is 8.90. The standard InChI is InChI=1S/C13H18O4S/c1-4-9(2)8-18(16,17)12-7-11(13(14)15)6-5-10(12)3/h5-7,9H,4,8H2,1-3H3,(H,14,15). The summed E-state index contributed by atoms with van der Waals surface area (Å²) >= 11 is 0. The molecule has 0 aliphatic carbocycles. The lowest BCUT2D eigenvalue weighted by Crippen LogP contribution is -2.15. The highest BCUT2D eigenvalue weighted by atomic mass is 32.2. The fourth-order valence-corrected chi connectivity index (χ4v) is 3.68. The van der Waals surface area contributed by atoms with E-state index in [9.17, 15) is 13.2 Å². The monoisotopic (exact) mass is 270 g/mol. The van der Waals surface area contributed by atoms with E-state index in [0.29, 0.717) is 5.56 Å². The normalized spacial score (nSPS) is 13.3. The van der Waals surface area contributed by atoms with Gasteiger partial charge >= 0.3 is 5.97 Å². The van der Waals surface area contributed by atoms with Gasteiger partial charge in [0.15, 0.2) is 9.84 Å². The molecule has 1 N–H and O–H groups in total. The topological polar surface area (TPSA) is 71.4 Å². The van der Waals surface area contributed by atoms with Gasteiger partial charge in [-0.2, -0.15) is 0 Å². The molecule has 0 heterocycles. The number of carboxylic acids is 1. The van der Waals surface area contributed by atoms with Crippen LogP contribution >= 0.6 is 0 Å². The molecule has 0 fully saturated rings. The molecule has 1 unspecified atom stereocenters. The zero-order valence-electron chi connectivity index (χ0n) is 10.8. The van der Waals surface area contributed by atoms with Crippen molar-refractivity contribution < 1.29 is 18.3 Å². The van der Waals surface area contributed by atoms with E-state index in [1.54, 1.807) is 6.92 Å². The van der Waals surface area contributed by atoms with E-state index in [4.69, 9.17) is 5.11 Å². The Labute approximate surface area is 108 Å². The number of carbonyl (C=O) groups is 1. The fourth-order valence-electron chi connectivity index (χ4n) is 1.65. The van der Waals surface area contributed by atoms with E-state index < -0.39 is 15.8 Å². The number of carboxylic acid groups (broad SMARTS) is 1. The molecule has 0 aliphatic rings. The van der Waals surface area contributed by atoms with Crippen molar-refractivity contribution in [3.8, 4) is 0 Å². The molecule has 1 aromatic rings. The van der Waals surface area contributed by atoms with Crippen LogP contribution in [0, 0.1) is 12.8 Å². The maximum Gasteiger partial charge on any atom is 0.335 e. The molecule has 0 aromatic heterocycles. The summed E-state index contributed by atoms with van der Waals surface area (Å²) in [6.45, 7) is 5.48. The van der Waals surface area contributed by atoms with Crippen LogP contribution in [-0.2, 0) is 9.84 Å². The van der Waals surface area contributed by atoms with Gasteiger partial charge in [-0.15, -0.1) is 0 Å². The SMILES string of the molecule is CCC(C)CS(=O)(=O)c1cc(C(=O)O)ccc1C. The number of sulfone groups is 1. The van der Waals surface area contributed by atoms with Crippen molar-refractivity contribution in [1.29, 1.82) is 0 Å². The van der Waals surface area contributed by atoms with Crippen molar-refractivity contribution in [3.63, 3.8) is 0 Å². The smallest absolute Gasteiger partial charge is 0.335 e. The first kappa shape index (κ1) is 14.7. The third-order valence-corrected chi connectivity index (χ3v) is 5.09. The van der Waals surface area contributed by atoms with Crippen LogP contribution in [-0.4, -0.2) is 25.2 Å². The quantitative estimate of drug-likeness (QED) is 0.892. The second kappa shape index (κ2) is 5.52. The van der Waals surface area contributed by atoms with Gasteiger partial charge in [0, 0.05) is 0 Å².